The van der Waals surface area contributed by atoms with Crippen molar-refractivity contribution in [1.82, 2.24) is 20.2 Å². The van der Waals surface area contributed by atoms with Gasteiger partial charge in [0, 0.05) is 12.7 Å². The fraction of sp³-hybridized carbons (Fsp3) is 0.500. The first-order valence-corrected chi connectivity index (χ1v) is 5.43. The minimum atomic E-state index is -0.945. The lowest BCUT2D eigenvalue weighted by atomic mass is 10.2. The predicted octanol–water partition coefficient (Wildman–Crippen LogP) is 0.168. The van der Waals surface area contributed by atoms with Gasteiger partial charge in [0.05, 0.1) is 18.6 Å². The van der Waals surface area contributed by atoms with Gasteiger partial charge in [-0.25, -0.2) is 14.6 Å². The van der Waals surface area contributed by atoms with E-state index < -0.39 is 12.0 Å². The van der Waals surface area contributed by atoms with Gasteiger partial charge in [0.15, 0.2) is 0 Å². The van der Waals surface area contributed by atoms with Gasteiger partial charge in [0.2, 0.25) is 0 Å². The molecule has 0 aliphatic carbocycles. The maximum Gasteiger partial charge on any atom is 0.326 e. The molecule has 7 nitrogen and oxygen atoms in total. The third-order valence-corrected chi connectivity index (χ3v) is 2.78. The number of urea groups is 1. The maximum atomic E-state index is 11.8. The number of amides is 2. The van der Waals surface area contributed by atoms with Crippen molar-refractivity contribution in [2.45, 2.75) is 25.4 Å². The number of imidazole rings is 1. The number of H-pyrrole nitrogens is 1. The number of carboxylic acids is 1. The number of carbonyl (C=O) groups is 2. The minimum absolute atomic E-state index is 0.321. The maximum absolute atomic E-state index is 11.8. The van der Waals surface area contributed by atoms with Gasteiger partial charge in [-0.05, 0) is 12.8 Å². The van der Waals surface area contributed by atoms with Crippen LogP contribution in [0.1, 0.15) is 18.5 Å². The van der Waals surface area contributed by atoms with Crippen LogP contribution in [0.15, 0.2) is 12.5 Å². The molecular weight excluding hydrogens is 224 g/mol. The van der Waals surface area contributed by atoms with Crippen molar-refractivity contribution in [1.29, 1.82) is 0 Å². The minimum Gasteiger partial charge on any atom is -0.480 e. The number of aliphatic carboxylic acids is 1. The van der Waals surface area contributed by atoms with Crippen LogP contribution in [0.25, 0.3) is 0 Å². The summed E-state index contributed by atoms with van der Waals surface area (Å²) in [5.41, 5.74) is 0.782. The van der Waals surface area contributed by atoms with Crippen LogP contribution in [0.3, 0.4) is 0 Å². The van der Waals surface area contributed by atoms with E-state index in [-0.39, 0.29) is 6.03 Å². The van der Waals surface area contributed by atoms with Crippen LogP contribution in [-0.2, 0) is 11.3 Å². The predicted molar refractivity (Wildman–Crippen MR) is 58.2 cm³/mol. The van der Waals surface area contributed by atoms with E-state index in [1.54, 1.807) is 6.20 Å². The second kappa shape index (κ2) is 4.86. The van der Waals surface area contributed by atoms with Gasteiger partial charge in [0.1, 0.15) is 6.04 Å². The van der Waals surface area contributed by atoms with Crippen molar-refractivity contribution in [3.63, 3.8) is 0 Å². The molecule has 0 bridgehead atoms. The molecule has 2 rings (SSSR count). The van der Waals surface area contributed by atoms with E-state index in [9.17, 15) is 9.59 Å². The standard InChI is InChI=1S/C10H14N4O3/c15-9(16)8-2-1-3-14(8)10(17)12-5-7-4-11-6-13-7/h4,6,8H,1-3,5H2,(H,11,13)(H,12,17)(H,15,16)/t8-/m1/s1. The molecule has 1 aromatic heterocycles. The van der Waals surface area contributed by atoms with Crippen LogP contribution in [0.2, 0.25) is 0 Å². The number of rotatable bonds is 3. The highest BCUT2D eigenvalue weighted by molar-refractivity contribution is 5.83. The molecule has 17 heavy (non-hydrogen) atoms. The van der Waals surface area contributed by atoms with Crippen molar-refractivity contribution in [3.8, 4) is 0 Å². The fourth-order valence-corrected chi connectivity index (χ4v) is 1.92. The molecular formula is C10H14N4O3. The topological polar surface area (TPSA) is 98.3 Å². The largest absolute Gasteiger partial charge is 0.480 e. The van der Waals surface area contributed by atoms with Crippen LogP contribution in [0, 0.1) is 0 Å². The number of aromatic amines is 1. The Labute approximate surface area is 97.8 Å². The van der Waals surface area contributed by atoms with E-state index in [0.717, 1.165) is 12.1 Å². The molecule has 1 saturated heterocycles. The number of hydrogen-bond donors (Lipinski definition) is 3. The summed E-state index contributed by atoms with van der Waals surface area (Å²) in [6, 6.07) is -1.04. The van der Waals surface area contributed by atoms with Crippen LogP contribution >= 0.6 is 0 Å². The molecule has 92 valence electrons. The first-order chi connectivity index (χ1) is 8.18. The van der Waals surface area contributed by atoms with E-state index in [0.29, 0.717) is 19.5 Å². The number of carbonyl (C=O) groups excluding carboxylic acids is 1. The Bertz CT molecular complexity index is 404. The van der Waals surface area contributed by atoms with E-state index >= 15 is 0 Å². The summed E-state index contributed by atoms with van der Waals surface area (Å²) in [6.07, 6.45) is 4.39. The van der Waals surface area contributed by atoms with Crippen molar-refractivity contribution in [2.75, 3.05) is 6.54 Å². The second-order valence-corrected chi connectivity index (χ2v) is 3.93. The van der Waals surface area contributed by atoms with Gasteiger partial charge in [-0.3, -0.25) is 0 Å². The van der Waals surface area contributed by atoms with Crippen LogP contribution in [-0.4, -0.2) is 44.6 Å². The highest BCUT2D eigenvalue weighted by Gasteiger charge is 2.33. The molecule has 0 spiro atoms. The Morgan fingerprint density at radius 2 is 2.47 bits per heavy atom. The zero-order valence-corrected chi connectivity index (χ0v) is 9.22. The molecule has 7 heteroatoms. The Hall–Kier alpha value is -2.05. The van der Waals surface area contributed by atoms with Crippen molar-refractivity contribution in [2.24, 2.45) is 0 Å². The number of aromatic nitrogens is 2. The first kappa shape index (κ1) is 11.4. The highest BCUT2D eigenvalue weighted by atomic mass is 16.4. The molecule has 1 fully saturated rings. The summed E-state index contributed by atoms with van der Waals surface area (Å²) >= 11 is 0. The third kappa shape index (κ3) is 2.55. The van der Waals surface area contributed by atoms with Crippen molar-refractivity contribution < 1.29 is 14.7 Å². The van der Waals surface area contributed by atoms with Crippen LogP contribution in [0.5, 0.6) is 0 Å². The summed E-state index contributed by atoms with van der Waals surface area (Å²) in [5.74, 6) is -0.945. The van der Waals surface area contributed by atoms with E-state index in [1.165, 1.54) is 11.2 Å². The quantitative estimate of drug-likeness (QED) is 0.699. The number of carboxylic acid groups (broad SMARTS) is 1. The molecule has 1 atom stereocenters. The average Bonchev–Trinajstić information content (AvgIpc) is 2.96. The molecule has 0 aromatic carbocycles. The summed E-state index contributed by atoms with van der Waals surface area (Å²) in [4.78, 5) is 30.7. The number of nitrogens with zero attached hydrogens (tertiary/aromatic N) is 2. The normalized spacial score (nSPS) is 19.3. The average molecular weight is 238 g/mol. The highest BCUT2D eigenvalue weighted by Crippen LogP contribution is 2.17. The molecule has 3 N–H and O–H groups in total. The van der Waals surface area contributed by atoms with Gasteiger partial charge < -0.3 is 20.3 Å². The molecule has 1 aliphatic heterocycles. The molecule has 1 aromatic rings. The Morgan fingerprint density at radius 3 is 3.12 bits per heavy atom. The molecule has 0 unspecified atom stereocenters. The first-order valence-electron chi connectivity index (χ1n) is 5.43. The fourth-order valence-electron chi connectivity index (χ4n) is 1.92. The number of nitrogens with one attached hydrogen (secondary N) is 2. The zero-order chi connectivity index (χ0) is 12.3. The zero-order valence-electron chi connectivity index (χ0n) is 9.22. The van der Waals surface area contributed by atoms with Gasteiger partial charge in [-0.15, -0.1) is 0 Å². The monoisotopic (exact) mass is 238 g/mol. The third-order valence-electron chi connectivity index (χ3n) is 2.78. The molecule has 0 saturated carbocycles. The second-order valence-electron chi connectivity index (χ2n) is 3.93. The lowest BCUT2D eigenvalue weighted by Crippen LogP contribution is -2.45. The van der Waals surface area contributed by atoms with E-state index in [1.807, 2.05) is 0 Å². The smallest absolute Gasteiger partial charge is 0.326 e. The van der Waals surface area contributed by atoms with Gasteiger partial charge in [-0.1, -0.05) is 0 Å². The van der Waals surface area contributed by atoms with Gasteiger partial charge in [-0.2, -0.15) is 0 Å². The summed E-state index contributed by atoms with van der Waals surface area (Å²) < 4.78 is 0. The van der Waals surface area contributed by atoms with Gasteiger partial charge >= 0.3 is 12.0 Å². The molecule has 2 heterocycles. The van der Waals surface area contributed by atoms with Crippen LogP contribution in [0.4, 0.5) is 4.79 Å². The molecule has 1 aliphatic rings. The summed E-state index contributed by atoms with van der Waals surface area (Å²) in [5, 5.41) is 11.6. The van der Waals surface area contributed by atoms with Gasteiger partial charge in [0.25, 0.3) is 0 Å². The lowest BCUT2D eigenvalue weighted by molar-refractivity contribution is -0.141. The van der Waals surface area contributed by atoms with Crippen molar-refractivity contribution in [3.05, 3.63) is 18.2 Å². The number of likely N-dealkylation sites (tertiary alicyclic amines) is 1. The summed E-state index contributed by atoms with van der Waals surface area (Å²) in [7, 11) is 0. The Kier molecular flexibility index (Phi) is 3.27. The lowest BCUT2D eigenvalue weighted by Gasteiger charge is -2.21. The van der Waals surface area contributed by atoms with Crippen LogP contribution < -0.4 is 5.32 Å². The molecule has 2 amide bonds. The van der Waals surface area contributed by atoms with Crippen molar-refractivity contribution >= 4 is 12.0 Å². The van der Waals surface area contributed by atoms with E-state index in [4.69, 9.17) is 5.11 Å². The summed E-state index contributed by atoms with van der Waals surface area (Å²) in [6.45, 7) is 0.813. The Balaban J connectivity index is 1.89. The number of hydrogen-bond acceptors (Lipinski definition) is 3. The Morgan fingerprint density at radius 1 is 1.65 bits per heavy atom. The molecule has 0 radical (unpaired) electrons. The van der Waals surface area contributed by atoms with E-state index in [2.05, 4.69) is 15.3 Å². The SMILES string of the molecule is O=C(O)[C@H]1CCCN1C(=O)NCc1cnc[nH]1.